The zero-order chi connectivity index (χ0) is 15.0. The van der Waals surface area contributed by atoms with Crippen LogP contribution in [0.3, 0.4) is 0 Å². The molecular weight excluding hydrogens is 277 g/mol. The second-order valence-electron chi connectivity index (χ2n) is 6.11. The summed E-state index contributed by atoms with van der Waals surface area (Å²) in [5.74, 6) is 0.701. The van der Waals surface area contributed by atoms with Crippen molar-refractivity contribution < 1.29 is 13.2 Å². The number of likely N-dealkylation sites (tertiary alicyclic amines) is 1. The molecule has 21 heavy (non-hydrogen) atoms. The van der Waals surface area contributed by atoms with Crippen molar-refractivity contribution in [1.82, 2.24) is 10.2 Å². The number of benzene rings is 1. The van der Waals surface area contributed by atoms with Gasteiger partial charge in [0.05, 0.1) is 0 Å². The lowest BCUT2D eigenvalue weighted by atomic mass is 9.92. The SMILES string of the molecule is CCC1C2CNCC2CN1C(c1ccccc1)C(F)(F)F. The van der Waals surface area contributed by atoms with Crippen molar-refractivity contribution in [3.63, 3.8) is 0 Å². The van der Waals surface area contributed by atoms with Gasteiger partial charge in [-0.15, -0.1) is 0 Å². The van der Waals surface area contributed by atoms with Crippen LogP contribution in [0.2, 0.25) is 0 Å². The van der Waals surface area contributed by atoms with E-state index in [0.29, 0.717) is 23.9 Å². The molecular formula is C16H21F3N2. The number of fused-ring (bicyclic) bond motifs is 1. The molecule has 0 aromatic heterocycles. The van der Waals surface area contributed by atoms with Gasteiger partial charge >= 0.3 is 6.18 Å². The monoisotopic (exact) mass is 298 g/mol. The Balaban J connectivity index is 1.94. The van der Waals surface area contributed by atoms with Gasteiger partial charge in [-0.05, 0) is 36.9 Å². The summed E-state index contributed by atoms with van der Waals surface area (Å²) in [5, 5.41) is 3.32. The van der Waals surface area contributed by atoms with Crippen LogP contribution in [-0.2, 0) is 0 Å². The molecule has 2 heterocycles. The molecule has 2 nitrogen and oxygen atoms in total. The standard InChI is InChI=1S/C16H21F3N2/c1-2-14-13-9-20-8-12(13)10-21(14)15(16(17,18)19)11-6-4-3-5-7-11/h3-7,12-15,20H,2,8-10H2,1H3. The molecule has 1 N–H and O–H groups in total. The Morgan fingerprint density at radius 3 is 2.57 bits per heavy atom. The van der Waals surface area contributed by atoms with Crippen LogP contribution >= 0.6 is 0 Å². The van der Waals surface area contributed by atoms with Gasteiger partial charge in [-0.1, -0.05) is 37.3 Å². The van der Waals surface area contributed by atoms with E-state index in [4.69, 9.17) is 0 Å². The number of hydrogen-bond donors (Lipinski definition) is 1. The van der Waals surface area contributed by atoms with E-state index in [1.165, 1.54) is 0 Å². The van der Waals surface area contributed by atoms with E-state index >= 15 is 0 Å². The highest BCUT2D eigenvalue weighted by Gasteiger charge is 2.53. The lowest BCUT2D eigenvalue weighted by Gasteiger charge is -2.36. The zero-order valence-electron chi connectivity index (χ0n) is 12.1. The summed E-state index contributed by atoms with van der Waals surface area (Å²) in [6.45, 7) is 4.22. The normalized spacial score (nSPS) is 31.3. The topological polar surface area (TPSA) is 15.3 Å². The van der Waals surface area contributed by atoms with E-state index in [2.05, 4.69) is 5.32 Å². The van der Waals surface area contributed by atoms with E-state index in [0.717, 1.165) is 19.5 Å². The fraction of sp³-hybridized carbons (Fsp3) is 0.625. The molecule has 2 fully saturated rings. The van der Waals surface area contributed by atoms with Crippen molar-refractivity contribution in [2.75, 3.05) is 19.6 Å². The van der Waals surface area contributed by atoms with Gasteiger partial charge in [-0.2, -0.15) is 13.2 Å². The highest BCUT2D eigenvalue weighted by atomic mass is 19.4. The van der Waals surface area contributed by atoms with Gasteiger partial charge in [0.25, 0.3) is 0 Å². The number of halogens is 3. The summed E-state index contributed by atoms with van der Waals surface area (Å²) in [7, 11) is 0. The largest absolute Gasteiger partial charge is 0.408 e. The van der Waals surface area contributed by atoms with E-state index in [-0.39, 0.29) is 6.04 Å². The highest BCUT2D eigenvalue weighted by molar-refractivity contribution is 5.22. The second kappa shape index (κ2) is 5.61. The Kier molecular flexibility index (Phi) is 3.97. The highest BCUT2D eigenvalue weighted by Crippen LogP contribution is 2.45. The summed E-state index contributed by atoms with van der Waals surface area (Å²) < 4.78 is 41.1. The maximum absolute atomic E-state index is 13.7. The molecule has 0 spiro atoms. The molecule has 0 amide bonds. The van der Waals surface area contributed by atoms with Crippen LogP contribution in [-0.4, -0.2) is 36.8 Å². The molecule has 4 atom stereocenters. The van der Waals surface area contributed by atoms with Gasteiger partial charge in [-0.3, -0.25) is 4.90 Å². The second-order valence-corrected chi connectivity index (χ2v) is 6.11. The Morgan fingerprint density at radius 1 is 1.24 bits per heavy atom. The van der Waals surface area contributed by atoms with Crippen LogP contribution in [0, 0.1) is 11.8 Å². The summed E-state index contributed by atoms with van der Waals surface area (Å²) in [4.78, 5) is 1.70. The molecule has 0 saturated carbocycles. The maximum Gasteiger partial charge on any atom is 0.408 e. The van der Waals surface area contributed by atoms with Gasteiger partial charge in [-0.25, -0.2) is 0 Å². The van der Waals surface area contributed by atoms with Gasteiger partial charge in [0.1, 0.15) is 6.04 Å². The van der Waals surface area contributed by atoms with Gasteiger partial charge in [0.15, 0.2) is 0 Å². The molecule has 1 aromatic carbocycles. The number of hydrogen-bond acceptors (Lipinski definition) is 2. The van der Waals surface area contributed by atoms with Crippen LogP contribution in [0.5, 0.6) is 0 Å². The summed E-state index contributed by atoms with van der Waals surface area (Å²) in [6, 6.07) is 6.86. The Morgan fingerprint density at radius 2 is 1.95 bits per heavy atom. The van der Waals surface area contributed by atoms with E-state index < -0.39 is 12.2 Å². The molecule has 2 aliphatic rings. The molecule has 2 saturated heterocycles. The third kappa shape index (κ3) is 2.69. The molecule has 116 valence electrons. The first-order chi connectivity index (χ1) is 10.0. The number of alkyl halides is 3. The van der Waals surface area contributed by atoms with E-state index in [1.807, 2.05) is 6.92 Å². The molecule has 2 aliphatic heterocycles. The van der Waals surface area contributed by atoms with Crippen LogP contribution in [0.25, 0.3) is 0 Å². The van der Waals surface area contributed by atoms with Crippen molar-refractivity contribution in [1.29, 1.82) is 0 Å². The predicted octanol–water partition coefficient (Wildman–Crippen LogP) is 3.22. The van der Waals surface area contributed by atoms with Gasteiger partial charge in [0, 0.05) is 12.6 Å². The lowest BCUT2D eigenvalue weighted by molar-refractivity contribution is -0.190. The van der Waals surface area contributed by atoms with Crippen LogP contribution in [0.15, 0.2) is 30.3 Å². The fourth-order valence-corrected chi connectivity index (χ4v) is 4.09. The third-order valence-electron chi connectivity index (χ3n) is 4.93. The average molecular weight is 298 g/mol. The van der Waals surface area contributed by atoms with Crippen LogP contribution in [0.1, 0.15) is 24.9 Å². The minimum absolute atomic E-state index is 0.0110. The number of rotatable bonds is 3. The molecule has 1 aromatic rings. The minimum Gasteiger partial charge on any atom is -0.316 e. The van der Waals surface area contributed by atoms with Crippen molar-refractivity contribution in [3.8, 4) is 0 Å². The summed E-state index contributed by atoms with van der Waals surface area (Å²) in [5.41, 5.74) is 0.358. The zero-order valence-corrected chi connectivity index (χ0v) is 12.1. The first-order valence-electron chi connectivity index (χ1n) is 7.60. The van der Waals surface area contributed by atoms with Gasteiger partial charge in [0.2, 0.25) is 0 Å². The van der Waals surface area contributed by atoms with E-state index in [9.17, 15) is 13.2 Å². The van der Waals surface area contributed by atoms with Crippen LogP contribution in [0.4, 0.5) is 13.2 Å². The first-order valence-corrected chi connectivity index (χ1v) is 7.60. The van der Waals surface area contributed by atoms with Crippen molar-refractivity contribution in [2.24, 2.45) is 11.8 Å². The van der Waals surface area contributed by atoms with Crippen LogP contribution < -0.4 is 5.32 Å². The lowest BCUT2D eigenvalue weighted by Crippen LogP contribution is -2.44. The molecule has 0 radical (unpaired) electrons. The Hall–Kier alpha value is -1.07. The van der Waals surface area contributed by atoms with Crippen molar-refractivity contribution in [3.05, 3.63) is 35.9 Å². The van der Waals surface area contributed by atoms with Crippen molar-refractivity contribution in [2.45, 2.75) is 31.6 Å². The molecule has 0 bridgehead atoms. The molecule has 5 heteroatoms. The van der Waals surface area contributed by atoms with E-state index in [1.54, 1.807) is 35.2 Å². The maximum atomic E-state index is 13.7. The quantitative estimate of drug-likeness (QED) is 0.922. The van der Waals surface area contributed by atoms with Gasteiger partial charge < -0.3 is 5.32 Å². The molecule has 0 aliphatic carbocycles. The number of nitrogens with zero attached hydrogens (tertiary/aromatic N) is 1. The first kappa shape index (κ1) is 14.9. The predicted molar refractivity (Wildman–Crippen MR) is 75.9 cm³/mol. The fourth-order valence-electron chi connectivity index (χ4n) is 4.09. The van der Waals surface area contributed by atoms with Crippen molar-refractivity contribution >= 4 is 0 Å². The molecule has 4 unspecified atom stereocenters. The summed E-state index contributed by atoms with van der Waals surface area (Å²) >= 11 is 0. The average Bonchev–Trinajstić information content (AvgIpc) is 2.99. The Labute approximate surface area is 123 Å². The molecule has 3 rings (SSSR count). The number of nitrogens with one attached hydrogen (secondary N) is 1. The summed E-state index contributed by atoms with van der Waals surface area (Å²) in [6.07, 6.45) is -3.47. The smallest absolute Gasteiger partial charge is 0.316 e. The third-order valence-corrected chi connectivity index (χ3v) is 4.93. The minimum atomic E-state index is -4.24. The Bertz CT molecular complexity index is 474.